The van der Waals surface area contributed by atoms with Gasteiger partial charge in [-0.2, -0.15) is 5.10 Å². The molecule has 0 aliphatic rings. The van der Waals surface area contributed by atoms with E-state index in [1.165, 1.54) is 6.21 Å². The highest BCUT2D eigenvalue weighted by molar-refractivity contribution is 6.39. The van der Waals surface area contributed by atoms with Crippen molar-refractivity contribution < 1.29 is 14.3 Å². The molecule has 0 saturated carbocycles. The molecule has 3 rings (SSSR count). The van der Waals surface area contributed by atoms with Crippen LogP contribution in [0.4, 0.5) is 5.69 Å². The Morgan fingerprint density at radius 3 is 2.41 bits per heavy atom. The zero-order valence-corrected chi connectivity index (χ0v) is 19.0. The zero-order valence-electron chi connectivity index (χ0n) is 17.5. The highest BCUT2D eigenvalue weighted by Gasteiger charge is 2.15. The topological polar surface area (TPSA) is 79.8 Å². The lowest BCUT2D eigenvalue weighted by molar-refractivity contribution is -0.136. The lowest BCUT2D eigenvalue weighted by atomic mass is 10.1. The number of hydrogen-bond donors (Lipinski definition) is 2. The minimum absolute atomic E-state index is 0.270. The van der Waals surface area contributed by atoms with Crippen molar-refractivity contribution in [3.05, 3.63) is 93.0 Å². The lowest BCUT2D eigenvalue weighted by Crippen LogP contribution is -2.32. The molecule has 0 aliphatic heterocycles. The van der Waals surface area contributed by atoms with Gasteiger partial charge in [0.2, 0.25) is 0 Å². The largest absolute Gasteiger partial charge is 0.489 e. The summed E-state index contributed by atoms with van der Waals surface area (Å²) in [7, 11) is 0. The summed E-state index contributed by atoms with van der Waals surface area (Å²) >= 11 is 12.1. The lowest BCUT2D eigenvalue weighted by Gasteiger charge is -2.10. The number of para-hydroxylation sites is 1. The third-order valence-electron chi connectivity index (χ3n) is 4.57. The van der Waals surface area contributed by atoms with Crippen molar-refractivity contribution in [2.75, 3.05) is 5.32 Å². The number of rotatable bonds is 6. The molecule has 0 spiro atoms. The minimum atomic E-state index is -0.867. The van der Waals surface area contributed by atoms with Gasteiger partial charge in [-0.15, -0.1) is 0 Å². The fraction of sp³-hybridized carbons (Fsp3) is 0.125. The summed E-state index contributed by atoms with van der Waals surface area (Å²) < 4.78 is 5.77. The van der Waals surface area contributed by atoms with Crippen LogP contribution in [0.2, 0.25) is 10.0 Å². The summed E-state index contributed by atoms with van der Waals surface area (Å²) in [5.41, 5.74) is 6.06. The van der Waals surface area contributed by atoms with Gasteiger partial charge in [-0.25, -0.2) is 5.43 Å². The van der Waals surface area contributed by atoms with Crippen LogP contribution in [-0.4, -0.2) is 18.0 Å². The fourth-order valence-corrected chi connectivity index (χ4v) is 3.35. The van der Waals surface area contributed by atoms with Gasteiger partial charge in [0.25, 0.3) is 0 Å². The van der Waals surface area contributed by atoms with E-state index < -0.39 is 11.8 Å². The molecule has 2 amide bonds. The Morgan fingerprint density at radius 1 is 0.969 bits per heavy atom. The second kappa shape index (κ2) is 10.8. The third-order valence-corrected chi connectivity index (χ3v) is 5.16. The summed E-state index contributed by atoms with van der Waals surface area (Å²) in [6, 6.07) is 17.9. The molecule has 0 aromatic heterocycles. The predicted molar refractivity (Wildman–Crippen MR) is 128 cm³/mol. The molecule has 2 N–H and O–H groups in total. The molecule has 0 unspecified atom stereocenters. The summed E-state index contributed by atoms with van der Waals surface area (Å²) in [5.74, 6) is -1.07. The normalized spacial score (nSPS) is 10.8. The van der Waals surface area contributed by atoms with Crippen LogP contribution < -0.4 is 15.5 Å². The Bertz CT molecular complexity index is 1160. The van der Waals surface area contributed by atoms with Crippen molar-refractivity contribution >= 4 is 46.9 Å². The molecule has 0 fully saturated rings. The average molecular weight is 470 g/mol. The maximum Gasteiger partial charge on any atom is 0.329 e. The Kier molecular flexibility index (Phi) is 7.87. The van der Waals surface area contributed by atoms with Gasteiger partial charge >= 0.3 is 11.8 Å². The molecule has 3 aromatic rings. The number of aryl methyl sites for hydroxylation is 2. The van der Waals surface area contributed by atoms with E-state index in [-0.39, 0.29) is 6.61 Å². The SMILES string of the molecule is Cc1cccc(C)c1NC(=O)C(=O)N/N=C\c1cccc(OCc2ccc(Cl)cc2Cl)c1. The van der Waals surface area contributed by atoms with Gasteiger partial charge in [-0.05, 0) is 54.8 Å². The Morgan fingerprint density at radius 2 is 1.69 bits per heavy atom. The van der Waals surface area contributed by atoms with E-state index >= 15 is 0 Å². The molecular weight excluding hydrogens is 449 g/mol. The Balaban J connectivity index is 1.56. The highest BCUT2D eigenvalue weighted by Crippen LogP contribution is 2.23. The van der Waals surface area contributed by atoms with Crippen molar-refractivity contribution in [2.24, 2.45) is 5.10 Å². The molecule has 32 heavy (non-hydrogen) atoms. The second-order valence-electron chi connectivity index (χ2n) is 7.02. The quantitative estimate of drug-likeness (QED) is 0.292. The molecule has 0 atom stereocenters. The van der Waals surface area contributed by atoms with Gasteiger partial charge in [0, 0.05) is 21.3 Å². The van der Waals surface area contributed by atoms with Gasteiger partial charge in [0.1, 0.15) is 12.4 Å². The molecular formula is C24H21Cl2N3O3. The van der Waals surface area contributed by atoms with E-state index in [1.807, 2.05) is 32.0 Å². The van der Waals surface area contributed by atoms with Crippen LogP contribution in [0.15, 0.2) is 65.8 Å². The highest BCUT2D eigenvalue weighted by atomic mass is 35.5. The van der Waals surface area contributed by atoms with Crippen LogP contribution in [0.5, 0.6) is 5.75 Å². The van der Waals surface area contributed by atoms with Crippen LogP contribution in [0.1, 0.15) is 22.3 Å². The van der Waals surface area contributed by atoms with Gasteiger partial charge in [0.15, 0.2) is 0 Å². The number of amides is 2. The number of carbonyl (C=O) groups excluding carboxylic acids is 2. The number of halogens is 2. The first-order chi connectivity index (χ1) is 15.3. The van der Waals surface area contributed by atoms with Gasteiger partial charge in [0.05, 0.1) is 6.21 Å². The first-order valence-electron chi connectivity index (χ1n) is 9.71. The molecule has 164 valence electrons. The number of nitrogens with one attached hydrogen (secondary N) is 2. The first-order valence-corrected chi connectivity index (χ1v) is 10.5. The molecule has 3 aromatic carbocycles. The average Bonchev–Trinajstić information content (AvgIpc) is 2.76. The first kappa shape index (κ1) is 23.3. The van der Waals surface area contributed by atoms with Crippen LogP contribution in [0, 0.1) is 13.8 Å². The minimum Gasteiger partial charge on any atom is -0.489 e. The van der Waals surface area contributed by atoms with E-state index in [4.69, 9.17) is 27.9 Å². The van der Waals surface area contributed by atoms with Gasteiger partial charge in [-0.3, -0.25) is 9.59 Å². The summed E-state index contributed by atoms with van der Waals surface area (Å²) in [6.45, 7) is 3.98. The summed E-state index contributed by atoms with van der Waals surface area (Å²) in [4.78, 5) is 24.2. The number of anilines is 1. The smallest absolute Gasteiger partial charge is 0.329 e. The monoisotopic (exact) mass is 469 g/mol. The van der Waals surface area contributed by atoms with E-state index in [1.54, 1.807) is 42.5 Å². The van der Waals surface area contributed by atoms with Crippen LogP contribution >= 0.6 is 23.2 Å². The van der Waals surface area contributed by atoms with Crippen LogP contribution in [0.3, 0.4) is 0 Å². The number of hydrogen-bond acceptors (Lipinski definition) is 4. The number of carbonyl (C=O) groups is 2. The molecule has 0 radical (unpaired) electrons. The number of ether oxygens (including phenoxy) is 1. The van der Waals surface area contributed by atoms with E-state index in [0.717, 1.165) is 16.7 Å². The van der Waals surface area contributed by atoms with Gasteiger partial charge in [-0.1, -0.05) is 59.6 Å². The standard InChI is InChI=1S/C24H21Cl2N3O3/c1-15-5-3-6-16(2)22(15)28-23(30)24(31)29-27-13-17-7-4-8-20(11-17)32-14-18-9-10-19(25)12-21(18)26/h3-13H,14H2,1-2H3,(H,28,30)(H,29,31)/b27-13-. The second-order valence-corrected chi connectivity index (χ2v) is 7.86. The molecule has 8 heteroatoms. The predicted octanol–water partition coefficient (Wildman–Crippen LogP) is 5.28. The summed E-state index contributed by atoms with van der Waals surface area (Å²) in [5, 5.41) is 7.55. The maximum absolute atomic E-state index is 12.1. The van der Waals surface area contributed by atoms with Crippen molar-refractivity contribution in [1.29, 1.82) is 0 Å². The van der Waals surface area contributed by atoms with E-state index in [2.05, 4.69) is 15.8 Å². The van der Waals surface area contributed by atoms with Crippen molar-refractivity contribution in [3.63, 3.8) is 0 Å². The number of hydrazone groups is 1. The Hall–Kier alpha value is -3.35. The molecule has 6 nitrogen and oxygen atoms in total. The third kappa shape index (κ3) is 6.33. The summed E-state index contributed by atoms with van der Waals surface area (Å²) in [6.07, 6.45) is 1.42. The van der Waals surface area contributed by atoms with Crippen LogP contribution in [0.25, 0.3) is 0 Å². The zero-order chi connectivity index (χ0) is 23.1. The van der Waals surface area contributed by atoms with Crippen molar-refractivity contribution in [1.82, 2.24) is 5.43 Å². The van der Waals surface area contributed by atoms with E-state index in [0.29, 0.717) is 27.0 Å². The molecule has 0 bridgehead atoms. The molecule has 0 aliphatic carbocycles. The number of benzene rings is 3. The van der Waals surface area contributed by atoms with Crippen molar-refractivity contribution in [2.45, 2.75) is 20.5 Å². The van der Waals surface area contributed by atoms with Gasteiger partial charge < -0.3 is 10.1 Å². The number of nitrogens with zero attached hydrogens (tertiary/aromatic N) is 1. The Labute approximate surface area is 196 Å². The van der Waals surface area contributed by atoms with Crippen LogP contribution in [-0.2, 0) is 16.2 Å². The molecule has 0 heterocycles. The van der Waals surface area contributed by atoms with Crippen molar-refractivity contribution in [3.8, 4) is 5.75 Å². The van der Waals surface area contributed by atoms with E-state index in [9.17, 15) is 9.59 Å². The fourth-order valence-electron chi connectivity index (χ4n) is 2.88. The maximum atomic E-state index is 12.1. The molecule has 0 saturated heterocycles.